The molecule has 1 saturated carbocycles. The fourth-order valence-corrected chi connectivity index (χ4v) is 2.97. The third-order valence-electron chi connectivity index (χ3n) is 4.47. The van der Waals surface area contributed by atoms with E-state index in [2.05, 4.69) is 17.4 Å². The van der Waals surface area contributed by atoms with Crippen LogP contribution in [0.3, 0.4) is 0 Å². The molecule has 1 aromatic rings. The molecule has 1 N–H and O–H groups in total. The van der Waals surface area contributed by atoms with Gasteiger partial charge in [0.25, 0.3) is 0 Å². The van der Waals surface area contributed by atoms with Crippen LogP contribution in [0.25, 0.3) is 0 Å². The number of carbonyl (C=O) groups excluding carboxylic acids is 1. The normalized spacial score (nSPS) is 30.7. The summed E-state index contributed by atoms with van der Waals surface area (Å²) in [5.41, 5.74) is 0.920. The number of amides is 1. The van der Waals surface area contributed by atoms with Crippen molar-refractivity contribution in [2.45, 2.75) is 37.9 Å². The molecule has 3 rings (SSSR count). The molecule has 1 amide bonds. The van der Waals surface area contributed by atoms with Crippen LogP contribution in [-0.2, 0) is 14.3 Å². The van der Waals surface area contributed by atoms with Gasteiger partial charge in [-0.2, -0.15) is 0 Å². The second-order valence-electron chi connectivity index (χ2n) is 6.42. The highest BCUT2D eigenvalue weighted by atomic mass is 16.6. The van der Waals surface area contributed by atoms with E-state index in [4.69, 9.17) is 9.47 Å². The van der Waals surface area contributed by atoms with Gasteiger partial charge in [-0.25, -0.2) is 0 Å². The fourth-order valence-electron chi connectivity index (χ4n) is 2.97. The van der Waals surface area contributed by atoms with E-state index < -0.39 is 0 Å². The topological polar surface area (TPSA) is 47.6 Å². The van der Waals surface area contributed by atoms with Crippen LogP contribution >= 0.6 is 0 Å². The van der Waals surface area contributed by atoms with Gasteiger partial charge in [0.15, 0.2) is 0 Å². The van der Waals surface area contributed by atoms with Crippen LogP contribution in [-0.4, -0.2) is 37.4 Å². The minimum Gasteiger partial charge on any atom is -0.371 e. The molecule has 0 bridgehead atoms. The van der Waals surface area contributed by atoms with Gasteiger partial charge in [-0.1, -0.05) is 30.3 Å². The molecule has 0 radical (unpaired) electrons. The van der Waals surface area contributed by atoms with Gasteiger partial charge in [-0.15, -0.1) is 0 Å². The van der Waals surface area contributed by atoms with E-state index >= 15 is 0 Å². The Hall–Kier alpha value is -1.39. The Kier molecular flexibility index (Phi) is 4.00. The zero-order chi connectivity index (χ0) is 14.9. The molecule has 0 aromatic heterocycles. The lowest BCUT2D eigenvalue weighted by Gasteiger charge is -2.38. The van der Waals surface area contributed by atoms with Gasteiger partial charge in [-0.05, 0) is 31.7 Å². The van der Waals surface area contributed by atoms with Crippen LogP contribution in [0.2, 0.25) is 0 Å². The van der Waals surface area contributed by atoms with E-state index in [0.29, 0.717) is 25.7 Å². The molecular formula is C17H23NO3. The lowest BCUT2D eigenvalue weighted by molar-refractivity contribution is -0.184. The van der Waals surface area contributed by atoms with Gasteiger partial charge >= 0.3 is 0 Å². The average molecular weight is 289 g/mol. The maximum Gasteiger partial charge on any atom is 0.223 e. The number of ether oxygens (including phenoxy) is 2. The van der Waals surface area contributed by atoms with E-state index in [1.54, 1.807) is 0 Å². The lowest BCUT2D eigenvalue weighted by atomic mass is 10.00. The molecule has 3 atom stereocenters. The zero-order valence-electron chi connectivity index (χ0n) is 12.7. The van der Waals surface area contributed by atoms with Gasteiger partial charge < -0.3 is 14.8 Å². The van der Waals surface area contributed by atoms with Crippen molar-refractivity contribution in [2.75, 3.05) is 19.8 Å². The Balaban J connectivity index is 1.50. The summed E-state index contributed by atoms with van der Waals surface area (Å²) in [4.78, 5) is 12.2. The molecule has 2 fully saturated rings. The predicted octanol–water partition coefficient (Wildman–Crippen LogP) is 2.10. The summed E-state index contributed by atoms with van der Waals surface area (Å²) < 4.78 is 11.4. The highest BCUT2D eigenvalue weighted by Crippen LogP contribution is 2.47. The van der Waals surface area contributed by atoms with Gasteiger partial charge in [0, 0.05) is 12.5 Å². The Morgan fingerprint density at radius 1 is 1.29 bits per heavy atom. The van der Waals surface area contributed by atoms with Crippen molar-refractivity contribution in [3.05, 3.63) is 35.9 Å². The summed E-state index contributed by atoms with van der Waals surface area (Å²) in [5.74, 6) is 0.622. The van der Waals surface area contributed by atoms with Gasteiger partial charge in [0.1, 0.15) is 6.10 Å². The number of hydrogen-bond donors (Lipinski definition) is 1. The zero-order valence-corrected chi connectivity index (χ0v) is 12.7. The third kappa shape index (κ3) is 3.27. The van der Waals surface area contributed by atoms with E-state index in [1.807, 2.05) is 32.0 Å². The van der Waals surface area contributed by atoms with Crippen LogP contribution in [0, 0.1) is 5.92 Å². The van der Waals surface area contributed by atoms with Gasteiger partial charge in [0.2, 0.25) is 5.91 Å². The summed E-state index contributed by atoms with van der Waals surface area (Å²) in [6, 6.07) is 10.2. The average Bonchev–Trinajstić information content (AvgIpc) is 3.27. The first-order chi connectivity index (χ1) is 10.1. The summed E-state index contributed by atoms with van der Waals surface area (Å²) in [6.07, 6.45) is 0.866. The first kappa shape index (κ1) is 14.5. The number of benzene rings is 1. The molecule has 1 aromatic carbocycles. The molecule has 1 saturated heterocycles. The molecule has 1 heterocycles. The maximum absolute atomic E-state index is 12.2. The summed E-state index contributed by atoms with van der Waals surface area (Å²) in [5, 5.41) is 3.03. The quantitative estimate of drug-likeness (QED) is 0.923. The second-order valence-corrected chi connectivity index (χ2v) is 6.42. The Bertz CT molecular complexity index is 500. The summed E-state index contributed by atoms with van der Waals surface area (Å²) in [7, 11) is 0. The van der Waals surface area contributed by atoms with Crippen LogP contribution in [0.1, 0.15) is 31.7 Å². The van der Waals surface area contributed by atoms with Crippen molar-refractivity contribution >= 4 is 5.91 Å². The smallest absolute Gasteiger partial charge is 0.223 e. The monoisotopic (exact) mass is 289 g/mol. The van der Waals surface area contributed by atoms with Gasteiger partial charge in [-0.3, -0.25) is 4.79 Å². The molecule has 4 nitrogen and oxygen atoms in total. The molecular weight excluding hydrogens is 266 g/mol. The highest BCUT2D eigenvalue weighted by molar-refractivity contribution is 5.82. The first-order valence-corrected chi connectivity index (χ1v) is 7.66. The van der Waals surface area contributed by atoms with Crippen molar-refractivity contribution in [2.24, 2.45) is 5.92 Å². The van der Waals surface area contributed by atoms with Crippen LogP contribution in [0.5, 0.6) is 0 Å². The van der Waals surface area contributed by atoms with Crippen molar-refractivity contribution in [1.29, 1.82) is 0 Å². The van der Waals surface area contributed by atoms with Gasteiger partial charge in [0.05, 0.1) is 18.8 Å². The standard InChI is InChI=1S/C17H23NO3/c1-17(2)15(20-8-9-21-17)11-18-16(19)14-10-13(14)12-6-4-3-5-7-12/h3-7,13-15H,8-11H2,1-2H3,(H,18,19)/t13-,14+,15?/m1/s1. The fraction of sp³-hybridized carbons (Fsp3) is 0.588. The van der Waals surface area contributed by atoms with Crippen molar-refractivity contribution in [3.63, 3.8) is 0 Å². The number of carbonyl (C=O) groups is 1. The molecule has 1 aliphatic carbocycles. The van der Waals surface area contributed by atoms with E-state index in [-0.39, 0.29) is 23.5 Å². The first-order valence-electron chi connectivity index (χ1n) is 7.66. The molecule has 1 unspecified atom stereocenters. The Morgan fingerprint density at radius 3 is 2.76 bits per heavy atom. The molecule has 114 valence electrons. The number of rotatable bonds is 4. The lowest BCUT2D eigenvalue weighted by Crippen LogP contribution is -2.52. The second kappa shape index (κ2) is 5.78. The predicted molar refractivity (Wildman–Crippen MR) is 80.1 cm³/mol. The van der Waals surface area contributed by atoms with E-state index in [1.165, 1.54) is 5.56 Å². The van der Waals surface area contributed by atoms with Crippen molar-refractivity contribution < 1.29 is 14.3 Å². The SMILES string of the molecule is CC1(C)OCCOC1CNC(=O)[C@H]1C[C@@H]1c1ccccc1. The Labute approximate surface area is 125 Å². The van der Waals surface area contributed by atoms with Crippen LogP contribution < -0.4 is 5.32 Å². The number of hydrogen-bond acceptors (Lipinski definition) is 3. The third-order valence-corrected chi connectivity index (χ3v) is 4.47. The van der Waals surface area contributed by atoms with E-state index in [9.17, 15) is 4.79 Å². The molecule has 21 heavy (non-hydrogen) atoms. The molecule has 2 aliphatic rings. The van der Waals surface area contributed by atoms with Crippen LogP contribution in [0.4, 0.5) is 0 Å². The number of nitrogens with one attached hydrogen (secondary N) is 1. The van der Waals surface area contributed by atoms with Crippen molar-refractivity contribution in [1.82, 2.24) is 5.32 Å². The molecule has 1 aliphatic heterocycles. The molecule has 4 heteroatoms. The summed E-state index contributed by atoms with van der Waals surface area (Å²) in [6.45, 7) is 5.75. The Morgan fingerprint density at radius 2 is 2.05 bits per heavy atom. The minimum atomic E-state index is -0.339. The summed E-state index contributed by atoms with van der Waals surface area (Å²) >= 11 is 0. The maximum atomic E-state index is 12.2. The largest absolute Gasteiger partial charge is 0.371 e. The van der Waals surface area contributed by atoms with E-state index in [0.717, 1.165) is 6.42 Å². The highest BCUT2D eigenvalue weighted by Gasteiger charge is 2.44. The van der Waals surface area contributed by atoms with Crippen LogP contribution in [0.15, 0.2) is 30.3 Å². The molecule has 0 spiro atoms. The minimum absolute atomic E-state index is 0.0795. The van der Waals surface area contributed by atoms with Crippen molar-refractivity contribution in [3.8, 4) is 0 Å².